The highest BCUT2D eigenvalue weighted by Gasteiger charge is 2.30. The van der Waals surface area contributed by atoms with Gasteiger partial charge in [0.25, 0.3) is 0 Å². The molecule has 1 aliphatic carbocycles. The molecule has 1 aromatic rings. The van der Waals surface area contributed by atoms with Crippen LogP contribution < -0.4 is 5.32 Å². The van der Waals surface area contributed by atoms with E-state index in [1.165, 1.54) is 0 Å². The normalized spacial score (nSPS) is 17.7. The molecule has 2 rings (SSSR count). The number of rotatable bonds is 3. The highest BCUT2D eigenvalue weighted by molar-refractivity contribution is 9.10. The number of anilines is 1. The van der Waals surface area contributed by atoms with Crippen LogP contribution in [0.2, 0.25) is 0 Å². The van der Waals surface area contributed by atoms with Crippen LogP contribution >= 0.6 is 15.9 Å². The molecular formula is C13H15BrN2O. The van der Waals surface area contributed by atoms with E-state index in [4.69, 9.17) is 5.26 Å². The second-order valence-electron chi connectivity index (χ2n) is 4.59. The van der Waals surface area contributed by atoms with Crippen molar-refractivity contribution in [3.05, 3.63) is 28.2 Å². The summed E-state index contributed by atoms with van der Waals surface area (Å²) in [5.74, 6) is 0. The first kappa shape index (κ1) is 12.4. The van der Waals surface area contributed by atoms with E-state index in [-0.39, 0.29) is 0 Å². The zero-order valence-electron chi connectivity index (χ0n) is 9.54. The predicted molar refractivity (Wildman–Crippen MR) is 70.8 cm³/mol. The number of benzene rings is 1. The number of hydrogen-bond donors (Lipinski definition) is 2. The fourth-order valence-corrected chi connectivity index (χ4v) is 2.72. The van der Waals surface area contributed by atoms with Gasteiger partial charge in [-0.1, -0.05) is 12.8 Å². The zero-order valence-corrected chi connectivity index (χ0v) is 11.1. The summed E-state index contributed by atoms with van der Waals surface area (Å²) in [6.45, 7) is 0.567. The highest BCUT2D eigenvalue weighted by atomic mass is 79.9. The van der Waals surface area contributed by atoms with Crippen LogP contribution in [0.3, 0.4) is 0 Å². The van der Waals surface area contributed by atoms with Gasteiger partial charge in [-0.25, -0.2) is 0 Å². The quantitative estimate of drug-likeness (QED) is 0.901. The fourth-order valence-electron chi connectivity index (χ4n) is 2.20. The molecule has 0 radical (unpaired) electrons. The summed E-state index contributed by atoms with van der Waals surface area (Å²) in [5.41, 5.74) is 0.985. The van der Waals surface area contributed by atoms with Gasteiger partial charge in [0, 0.05) is 16.7 Å². The molecule has 1 aliphatic rings. The molecule has 90 valence electrons. The van der Waals surface area contributed by atoms with E-state index in [1.54, 1.807) is 12.1 Å². The molecule has 1 saturated carbocycles. The van der Waals surface area contributed by atoms with E-state index in [0.717, 1.165) is 35.8 Å². The van der Waals surface area contributed by atoms with E-state index in [2.05, 4.69) is 27.3 Å². The molecule has 0 bridgehead atoms. The summed E-state index contributed by atoms with van der Waals surface area (Å²) in [4.78, 5) is 0. The van der Waals surface area contributed by atoms with Crippen molar-refractivity contribution in [2.45, 2.75) is 31.3 Å². The van der Waals surface area contributed by atoms with E-state index >= 15 is 0 Å². The molecule has 0 aromatic heterocycles. The molecule has 0 spiro atoms. The average molecular weight is 295 g/mol. The van der Waals surface area contributed by atoms with Crippen molar-refractivity contribution in [2.24, 2.45) is 0 Å². The maximum atomic E-state index is 10.2. The predicted octanol–water partition coefficient (Wildman–Crippen LogP) is 3.04. The zero-order chi connectivity index (χ0) is 12.3. The van der Waals surface area contributed by atoms with Gasteiger partial charge in [-0.2, -0.15) is 5.26 Å². The van der Waals surface area contributed by atoms with Crippen LogP contribution in [0.5, 0.6) is 0 Å². The van der Waals surface area contributed by atoms with Crippen LogP contribution in [-0.4, -0.2) is 17.3 Å². The molecule has 17 heavy (non-hydrogen) atoms. The van der Waals surface area contributed by atoms with Crippen molar-refractivity contribution in [2.75, 3.05) is 11.9 Å². The molecule has 2 N–H and O–H groups in total. The largest absolute Gasteiger partial charge is 0.388 e. The molecule has 1 fully saturated rings. The maximum Gasteiger partial charge on any atom is 0.0992 e. The summed E-state index contributed by atoms with van der Waals surface area (Å²) >= 11 is 3.42. The molecule has 1 aromatic carbocycles. The first-order valence-electron chi connectivity index (χ1n) is 5.79. The summed E-state index contributed by atoms with van der Waals surface area (Å²) in [6, 6.07) is 7.50. The first-order valence-corrected chi connectivity index (χ1v) is 6.58. The lowest BCUT2D eigenvalue weighted by Crippen LogP contribution is -2.33. The lowest BCUT2D eigenvalue weighted by molar-refractivity contribution is 0.0614. The van der Waals surface area contributed by atoms with Crippen LogP contribution in [0.15, 0.2) is 22.7 Å². The van der Waals surface area contributed by atoms with Crippen molar-refractivity contribution in [3.8, 4) is 6.07 Å². The third-order valence-corrected chi connectivity index (χ3v) is 3.90. The minimum Gasteiger partial charge on any atom is -0.388 e. The molecule has 0 amide bonds. The van der Waals surface area contributed by atoms with E-state index < -0.39 is 5.60 Å². The second kappa shape index (κ2) is 5.07. The standard InChI is InChI=1S/C13H15BrN2O/c14-11-7-10(8-15)3-4-12(11)16-9-13(17)5-1-2-6-13/h3-4,7,16-17H,1-2,5-6,9H2. The molecule has 0 heterocycles. The van der Waals surface area contributed by atoms with E-state index in [1.807, 2.05) is 6.07 Å². The van der Waals surface area contributed by atoms with E-state index in [9.17, 15) is 5.11 Å². The molecule has 0 saturated heterocycles. The van der Waals surface area contributed by atoms with Crippen LogP contribution in [0.25, 0.3) is 0 Å². The minimum absolute atomic E-state index is 0.562. The van der Waals surface area contributed by atoms with Gasteiger partial charge in [0.1, 0.15) is 0 Å². The van der Waals surface area contributed by atoms with Crippen molar-refractivity contribution in [1.29, 1.82) is 5.26 Å². The Balaban J connectivity index is 2.02. The van der Waals surface area contributed by atoms with Crippen LogP contribution in [-0.2, 0) is 0 Å². The van der Waals surface area contributed by atoms with Gasteiger partial charge in [-0.3, -0.25) is 0 Å². The third-order valence-electron chi connectivity index (χ3n) is 3.24. The van der Waals surface area contributed by atoms with Crippen molar-refractivity contribution >= 4 is 21.6 Å². The Kier molecular flexibility index (Phi) is 3.70. The topological polar surface area (TPSA) is 56.0 Å². The number of aliphatic hydroxyl groups is 1. The van der Waals surface area contributed by atoms with Gasteiger partial charge in [0.15, 0.2) is 0 Å². The molecule has 0 aliphatic heterocycles. The Bertz CT molecular complexity index is 447. The number of halogens is 1. The van der Waals surface area contributed by atoms with Gasteiger partial charge in [-0.15, -0.1) is 0 Å². The Morgan fingerprint density at radius 1 is 1.41 bits per heavy atom. The van der Waals surface area contributed by atoms with Gasteiger partial charge in [0.2, 0.25) is 0 Å². The Labute approximate surface area is 110 Å². The van der Waals surface area contributed by atoms with Crippen molar-refractivity contribution in [1.82, 2.24) is 0 Å². The summed E-state index contributed by atoms with van der Waals surface area (Å²) < 4.78 is 0.859. The van der Waals surface area contributed by atoms with E-state index in [0.29, 0.717) is 12.1 Å². The SMILES string of the molecule is N#Cc1ccc(NCC2(O)CCCC2)c(Br)c1. The smallest absolute Gasteiger partial charge is 0.0992 e. The second-order valence-corrected chi connectivity index (χ2v) is 5.45. The monoisotopic (exact) mass is 294 g/mol. The van der Waals surface area contributed by atoms with Gasteiger partial charge < -0.3 is 10.4 Å². The summed E-state index contributed by atoms with van der Waals surface area (Å²) in [5, 5.41) is 22.2. The van der Waals surface area contributed by atoms with Crippen molar-refractivity contribution < 1.29 is 5.11 Å². The Morgan fingerprint density at radius 3 is 2.71 bits per heavy atom. The average Bonchev–Trinajstić information content (AvgIpc) is 2.75. The summed E-state index contributed by atoms with van der Waals surface area (Å²) in [6.07, 6.45) is 3.95. The highest BCUT2D eigenvalue weighted by Crippen LogP contribution is 2.31. The van der Waals surface area contributed by atoms with Crippen LogP contribution in [0.1, 0.15) is 31.2 Å². The van der Waals surface area contributed by atoms with Crippen LogP contribution in [0.4, 0.5) is 5.69 Å². The number of nitriles is 1. The molecule has 3 nitrogen and oxygen atoms in total. The lowest BCUT2D eigenvalue weighted by Gasteiger charge is -2.23. The molecule has 0 unspecified atom stereocenters. The van der Waals surface area contributed by atoms with Crippen molar-refractivity contribution in [3.63, 3.8) is 0 Å². The molecule has 4 heteroatoms. The molecule has 0 atom stereocenters. The number of hydrogen-bond acceptors (Lipinski definition) is 3. The Morgan fingerprint density at radius 2 is 2.12 bits per heavy atom. The van der Waals surface area contributed by atoms with Gasteiger partial charge in [-0.05, 0) is 47.0 Å². The lowest BCUT2D eigenvalue weighted by atomic mass is 10.0. The third kappa shape index (κ3) is 2.99. The van der Waals surface area contributed by atoms with Gasteiger partial charge >= 0.3 is 0 Å². The maximum absolute atomic E-state index is 10.2. The molecular weight excluding hydrogens is 280 g/mol. The fraction of sp³-hybridized carbons (Fsp3) is 0.462. The number of nitrogens with one attached hydrogen (secondary N) is 1. The Hall–Kier alpha value is -1.05. The minimum atomic E-state index is -0.562. The summed E-state index contributed by atoms with van der Waals surface area (Å²) in [7, 11) is 0. The van der Waals surface area contributed by atoms with Gasteiger partial charge in [0.05, 0.1) is 17.2 Å². The van der Waals surface area contributed by atoms with Crippen LogP contribution in [0, 0.1) is 11.3 Å². The first-order chi connectivity index (χ1) is 8.13. The number of nitrogens with zero attached hydrogens (tertiary/aromatic N) is 1.